The Morgan fingerprint density at radius 3 is 1.98 bits per heavy atom. The summed E-state index contributed by atoms with van der Waals surface area (Å²) < 4.78 is 23.5. The van der Waals surface area contributed by atoms with Gasteiger partial charge in [-0.1, -0.05) is 20.8 Å². The predicted molar refractivity (Wildman–Crippen MR) is 243 cm³/mol. The summed E-state index contributed by atoms with van der Waals surface area (Å²) in [7, 11) is -4.63. The number of rotatable bonds is 31. The fourth-order valence-electron chi connectivity index (χ4n) is 6.22. The highest BCUT2D eigenvalue weighted by Crippen LogP contribution is 2.37. The monoisotopic (exact) mass is 978 g/mol. The van der Waals surface area contributed by atoms with E-state index in [9.17, 15) is 57.8 Å². The van der Waals surface area contributed by atoms with Crippen molar-refractivity contribution >= 4 is 67.5 Å². The third kappa shape index (κ3) is 23.3. The number of carbonyl (C=O) groups excluding carboxylic acids is 8. The first-order valence-electron chi connectivity index (χ1n) is 21.4. The summed E-state index contributed by atoms with van der Waals surface area (Å²) in [5, 5.41) is 22.3. The molecule has 0 saturated carbocycles. The molecular formula is C40H71N10O14PS. The van der Waals surface area contributed by atoms with Gasteiger partial charge in [0.15, 0.2) is 0 Å². The Morgan fingerprint density at radius 1 is 0.879 bits per heavy atom. The Kier molecular flexibility index (Phi) is 25.2. The van der Waals surface area contributed by atoms with Crippen LogP contribution in [-0.4, -0.2) is 163 Å². The van der Waals surface area contributed by atoms with Crippen LogP contribution in [0.1, 0.15) is 86.8 Å². The molecule has 1 aromatic heterocycles. The zero-order chi connectivity index (χ0) is 50.6. The van der Waals surface area contributed by atoms with E-state index in [0.717, 1.165) is 6.92 Å². The largest absolute Gasteiger partial charge is 0.394 e. The van der Waals surface area contributed by atoms with Crippen LogP contribution < -0.4 is 38.1 Å². The van der Waals surface area contributed by atoms with Gasteiger partial charge in [0.1, 0.15) is 30.7 Å². The first-order chi connectivity index (χ1) is 30.5. The molecule has 0 aliphatic rings. The van der Waals surface area contributed by atoms with Crippen LogP contribution in [0.3, 0.4) is 0 Å². The van der Waals surface area contributed by atoms with Gasteiger partial charge in [0, 0.05) is 37.5 Å². The molecule has 0 bridgehead atoms. The minimum absolute atomic E-state index is 0.0401. The molecule has 0 spiro atoms. The molecule has 8 amide bonds. The Balaban J connectivity index is 3.00. The fraction of sp³-hybridized carbons (Fsp3) is 0.725. The Morgan fingerprint density at radius 2 is 1.45 bits per heavy atom. The van der Waals surface area contributed by atoms with E-state index in [1.54, 1.807) is 27.7 Å². The molecule has 0 saturated heterocycles. The highest BCUT2D eigenvalue weighted by Gasteiger charge is 2.35. The molecule has 0 aliphatic carbocycles. The van der Waals surface area contributed by atoms with E-state index in [1.165, 1.54) is 19.4 Å². The molecule has 66 heavy (non-hydrogen) atoms. The molecule has 0 radical (unpaired) electrons. The van der Waals surface area contributed by atoms with E-state index in [0.29, 0.717) is 36.6 Å². The lowest BCUT2D eigenvalue weighted by atomic mass is 10.0. The van der Waals surface area contributed by atoms with Crippen LogP contribution in [0.2, 0.25) is 0 Å². The van der Waals surface area contributed by atoms with Gasteiger partial charge in [0.05, 0.1) is 56.0 Å². The number of aromatic amines is 1. The minimum atomic E-state index is -4.63. The van der Waals surface area contributed by atoms with Gasteiger partial charge in [-0.05, 0) is 58.8 Å². The van der Waals surface area contributed by atoms with Crippen LogP contribution >= 0.6 is 20.2 Å². The molecule has 6 atom stereocenters. The number of imidazole rings is 1. The van der Waals surface area contributed by atoms with Crippen molar-refractivity contribution in [3.05, 3.63) is 18.2 Å². The number of aromatic nitrogens is 2. The van der Waals surface area contributed by atoms with Crippen LogP contribution in [-0.2, 0) is 58.8 Å². The van der Waals surface area contributed by atoms with E-state index in [4.69, 9.17) is 20.9 Å². The van der Waals surface area contributed by atoms with Crippen molar-refractivity contribution in [2.75, 3.05) is 44.8 Å². The lowest BCUT2D eigenvalue weighted by Crippen LogP contribution is -2.60. The zero-order valence-corrected chi connectivity index (χ0v) is 40.7. The highest BCUT2D eigenvalue weighted by molar-refractivity contribution is 7.80. The number of nitrogens with one attached hydrogen (secondary N) is 6. The van der Waals surface area contributed by atoms with Crippen molar-refractivity contribution in [2.24, 2.45) is 23.3 Å². The van der Waals surface area contributed by atoms with Gasteiger partial charge in [0.2, 0.25) is 47.3 Å². The number of hydrogen-bond acceptors (Lipinski definition) is 15. The van der Waals surface area contributed by atoms with Crippen LogP contribution in [0.4, 0.5) is 0 Å². The summed E-state index contributed by atoms with van der Waals surface area (Å²) in [6.07, 6.45) is 2.36. The lowest BCUT2D eigenvalue weighted by molar-refractivity contribution is -0.148. The number of primary amides is 1. The SMILES string of the molecule is CC(=O)N(CC(=O)NC(CC(C)C)C(=O)NC(Cc1cnc[nH]1)C(=O)NC(CO)C(=O)NC(C(N)=O)C(C)CP(=O)(O)O)C(=O)CCOC(C)(C)CCOC(C)(C)CCNC(=O)C(N)CS. The Labute approximate surface area is 390 Å². The van der Waals surface area contributed by atoms with Gasteiger partial charge in [-0.15, -0.1) is 0 Å². The summed E-state index contributed by atoms with van der Waals surface area (Å²) in [6, 6.07) is -6.79. The number of thiol groups is 1. The number of amides is 8. The maximum atomic E-state index is 13.8. The summed E-state index contributed by atoms with van der Waals surface area (Å²) in [5.41, 5.74) is 10.1. The molecule has 1 heterocycles. The maximum absolute atomic E-state index is 13.8. The summed E-state index contributed by atoms with van der Waals surface area (Å²) in [5.74, 6) is -7.86. The highest BCUT2D eigenvalue weighted by atomic mass is 32.1. The molecule has 6 unspecified atom stereocenters. The molecule has 0 aliphatic heterocycles. The van der Waals surface area contributed by atoms with Gasteiger partial charge < -0.3 is 67.4 Å². The second-order valence-electron chi connectivity index (χ2n) is 17.6. The van der Waals surface area contributed by atoms with Gasteiger partial charge in [-0.2, -0.15) is 12.6 Å². The number of carbonyl (C=O) groups is 8. The normalized spacial score (nSPS) is 14.8. The molecule has 0 aromatic carbocycles. The van der Waals surface area contributed by atoms with Crippen molar-refractivity contribution in [3.8, 4) is 0 Å². The fourth-order valence-corrected chi connectivity index (χ4v) is 7.35. The van der Waals surface area contributed by atoms with Crippen molar-refractivity contribution in [1.29, 1.82) is 0 Å². The van der Waals surface area contributed by atoms with Crippen LogP contribution in [0.5, 0.6) is 0 Å². The quantitative estimate of drug-likeness (QED) is 0.0276. The van der Waals surface area contributed by atoms with Crippen molar-refractivity contribution < 1.29 is 67.3 Å². The standard InChI is InChI=1S/C40H71N10O14PS/c1-23(2)15-28(36(57)47-29(16-26-17-43-22-45-26)37(58)48-30(19-51)38(59)49-33(34(42)55)24(3)20-65(60,61)62)46-31(53)18-50(25(4)52)32(54)9-13-63-40(7,8)11-14-64-39(5,6)10-12-44-35(56)27(41)21-66/h17,22-24,27-30,33,51,66H,9-16,18-21,41H2,1-8H3,(H2,42,55)(H,43,45)(H,44,56)(H,46,53)(H,47,57)(H,48,58)(H,49,59)(H2,60,61,62). The molecule has 376 valence electrons. The third-order valence-corrected chi connectivity index (χ3v) is 11.5. The van der Waals surface area contributed by atoms with Crippen LogP contribution in [0.15, 0.2) is 12.5 Å². The van der Waals surface area contributed by atoms with Gasteiger partial charge in [0.25, 0.3) is 0 Å². The smallest absolute Gasteiger partial charge is 0.325 e. The number of hydrogen-bond donors (Lipinski definition) is 12. The van der Waals surface area contributed by atoms with E-state index in [2.05, 4.69) is 49.2 Å². The molecule has 26 heteroatoms. The summed E-state index contributed by atoms with van der Waals surface area (Å²) in [6.45, 7) is 12.0. The van der Waals surface area contributed by atoms with E-state index < -0.39 is 116 Å². The number of imide groups is 1. The first-order valence-corrected chi connectivity index (χ1v) is 23.8. The average Bonchev–Trinajstić information content (AvgIpc) is 3.71. The molecular weight excluding hydrogens is 908 g/mol. The van der Waals surface area contributed by atoms with Crippen molar-refractivity contribution in [2.45, 2.75) is 129 Å². The lowest BCUT2D eigenvalue weighted by Gasteiger charge is -2.30. The van der Waals surface area contributed by atoms with E-state index >= 15 is 0 Å². The second-order valence-corrected chi connectivity index (χ2v) is 19.7. The Hall–Kier alpha value is -4.49. The van der Waals surface area contributed by atoms with E-state index in [-0.39, 0.29) is 43.4 Å². The number of ether oxygens (including phenoxy) is 2. The first kappa shape index (κ1) is 59.5. The molecule has 24 nitrogen and oxygen atoms in total. The number of H-pyrrole nitrogens is 1. The molecule has 13 N–H and O–H groups in total. The predicted octanol–water partition coefficient (Wildman–Crippen LogP) is -2.26. The number of aliphatic hydroxyl groups excluding tert-OH is 1. The van der Waals surface area contributed by atoms with Gasteiger partial charge >= 0.3 is 7.60 Å². The Bertz CT molecular complexity index is 1830. The number of aliphatic hydroxyl groups is 1. The molecule has 1 rings (SSSR count). The second kappa shape index (κ2) is 28.0. The van der Waals surface area contributed by atoms with Gasteiger partial charge in [-0.25, -0.2) is 4.98 Å². The van der Waals surface area contributed by atoms with Crippen molar-refractivity contribution in [3.63, 3.8) is 0 Å². The van der Waals surface area contributed by atoms with E-state index in [1.807, 2.05) is 13.8 Å². The van der Waals surface area contributed by atoms with Crippen LogP contribution in [0.25, 0.3) is 0 Å². The minimum Gasteiger partial charge on any atom is -0.394 e. The zero-order valence-electron chi connectivity index (χ0n) is 39.0. The number of nitrogens with zero attached hydrogens (tertiary/aromatic N) is 2. The third-order valence-electron chi connectivity index (χ3n) is 10.0. The molecule has 0 fully saturated rings. The van der Waals surface area contributed by atoms with Crippen molar-refractivity contribution in [1.82, 2.24) is 41.5 Å². The molecule has 1 aromatic rings. The summed E-state index contributed by atoms with van der Waals surface area (Å²) >= 11 is 4.02. The van der Waals surface area contributed by atoms with Gasteiger partial charge in [-0.3, -0.25) is 47.8 Å². The summed E-state index contributed by atoms with van der Waals surface area (Å²) in [4.78, 5) is 130. The number of nitrogens with two attached hydrogens (primary N) is 2. The topological polar surface area (TPSA) is 377 Å². The average molecular weight is 979 g/mol. The van der Waals surface area contributed by atoms with Crippen LogP contribution in [0, 0.1) is 11.8 Å². The maximum Gasteiger partial charge on any atom is 0.325 e.